The molecule has 41 heavy (non-hydrogen) atoms. The topological polar surface area (TPSA) is 55.8 Å². The van der Waals surface area contributed by atoms with Crippen LogP contribution < -0.4 is 0 Å². The molecule has 1 aromatic rings. The lowest BCUT2D eigenvalue weighted by Crippen LogP contribution is -2.45. The van der Waals surface area contributed by atoms with E-state index in [1.165, 1.54) is 12.0 Å². The number of hydrogen-bond donors (Lipinski definition) is 1. The van der Waals surface area contributed by atoms with Gasteiger partial charge < -0.3 is 14.0 Å². The highest BCUT2D eigenvalue weighted by atomic mass is 28.4. The third-order valence-electron chi connectivity index (χ3n) is 10.2. The molecule has 1 aromatic carbocycles. The molecular formula is C35H62O4Si2. The monoisotopic (exact) mass is 602 g/mol. The van der Waals surface area contributed by atoms with Gasteiger partial charge >= 0.3 is 5.97 Å². The molecule has 2 rings (SSSR count). The van der Waals surface area contributed by atoms with Crippen LogP contribution in [0.3, 0.4) is 0 Å². The lowest BCUT2D eigenvalue weighted by atomic mass is 9.86. The average molecular weight is 603 g/mol. The predicted molar refractivity (Wildman–Crippen MR) is 180 cm³/mol. The summed E-state index contributed by atoms with van der Waals surface area (Å²) < 4.78 is 14.2. The van der Waals surface area contributed by atoms with E-state index >= 15 is 0 Å². The summed E-state index contributed by atoms with van der Waals surface area (Å²) in [5.74, 6) is 0.444. The van der Waals surface area contributed by atoms with Crippen molar-refractivity contribution in [3.8, 4) is 0 Å². The van der Waals surface area contributed by atoms with Crippen LogP contribution in [-0.4, -0.2) is 39.9 Å². The molecule has 1 fully saturated rings. The minimum Gasteiger partial charge on any atom is -0.481 e. The molecule has 6 heteroatoms. The SMILES string of the molecule is CC(C)(C)[Si](C)(C)O[C@@H](CCc1ccccc1)CC[C@@H]1[C@@H](C/C=C\CCCC(=O)O)CC[C@H]1O[Si](C)(C)C(C)(C)C. The maximum absolute atomic E-state index is 10.9. The largest absolute Gasteiger partial charge is 0.481 e. The molecule has 0 bridgehead atoms. The summed E-state index contributed by atoms with van der Waals surface area (Å²) in [6.07, 6.45) is 14.7. The number of carboxylic acids is 1. The number of hydrogen-bond acceptors (Lipinski definition) is 3. The standard InChI is InChI=1S/C35H62O4Si2/c1-34(2,3)40(7,8)38-30(24-22-28-18-14-13-15-19-28)25-26-31-29(20-16-11-12-17-21-33(36)37)23-27-32(31)39-41(9,10)35(4,5)6/h11,13-16,18-19,29-32H,12,17,20-27H2,1-10H3,(H,36,37)/b16-11-/t29-,30-,31+,32+/m0/s1. The van der Waals surface area contributed by atoms with E-state index in [-0.39, 0.29) is 22.6 Å². The fourth-order valence-electron chi connectivity index (χ4n) is 5.49. The van der Waals surface area contributed by atoms with Gasteiger partial charge in [0.15, 0.2) is 16.6 Å². The van der Waals surface area contributed by atoms with Crippen molar-refractivity contribution in [2.75, 3.05) is 0 Å². The molecule has 1 aliphatic carbocycles. The van der Waals surface area contributed by atoms with Crippen LogP contribution in [0.4, 0.5) is 0 Å². The first-order valence-corrected chi connectivity index (χ1v) is 22.0. The van der Waals surface area contributed by atoms with E-state index in [2.05, 4.69) is 110 Å². The van der Waals surface area contributed by atoms with E-state index in [0.717, 1.165) is 44.9 Å². The van der Waals surface area contributed by atoms with Crippen molar-refractivity contribution >= 4 is 22.6 Å². The number of unbranched alkanes of at least 4 members (excludes halogenated alkanes) is 1. The molecule has 4 nitrogen and oxygen atoms in total. The van der Waals surface area contributed by atoms with Crippen LogP contribution in [0, 0.1) is 11.8 Å². The van der Waals surface area contributed by atoms with Gasteiger partial charge in [-0.3, -0.25) is 4.79 Å². The van der Waals surface area contributed by atoms with Crippen LogP contribution in [0.25, 0.3) is 0 Å². The van der Waals surface area contributed by atoms with E-state index in [1.54, 1.807) is 0 Å². The van der Waals surface area contributed by atoms with E-state index < -0.39 is 22.6 Å². The van der Waals surface area contributed by atoms with Crippen LogP contribution in [0.5, 0.6) is 0 Å². The molecular weight excluding hydrogens is 541 g/mol. The number of rotatable bonds is 16. The number of aliphatic carboxylic acids is 1. The quantitative estimate of drug-likeness (QED) is 0.116. The zero-order chi connectivity index (χ0) is 30.9. The number of aryl methyl sites for hydroxylation is 1. The highest BCUT2D eigenvalue weighted by molar-refractivity contribution is 6.74. The van der Waals surface area contributed by atoms with Gasteiger partial charge in [0.1, 0.15) is 0 Å². The summed E-state index contributed by atoms with van der Waals surface area (Å²) in [6.45, 7) is 23.6. The first-order chi connectivity index (χ1) is 18.9. The van der Waals surface area contributed by atoms with Gasteiger partial charge in [0.25, 0.3) is 0 Å². The molecule has 1 aliphatic rings. The number of allylic oxidation sites excluding steroid dienone is 2. The summed E-state index contributed by atoms with van der Waals surface area (Å²) in [5, 5.41) is 9.32. The van der Waals surface area contributed by atoms with Gasteiger partial charge in [-0.15, -0.1) is 0 Å². The van der Waals surface area contributed by atoms with E-state index in [9.17, 15) is 4.79 Å². The van der Waals surface area contributed by atoms with Crippen molar-refractivity contribution in [2.45, 2.75) is 154 Å². The van der Waals surface area contributed by atoms with Crippen LogP contribution >= 0.6 is 0 Å². The van der Waals surface area contributed by atoms with Gasteiger partial charge in [-0.2, -0.15) is 0 Å². The second-order valence-corrected chi connectivity index (χ2v) is 25.0. The molecule has 0 spiro atoms. The van der Waals surface area contributed by atoms with Gasteiger partial charge in [-0.05, 0) is 111 Å². The van der Waals surface area contributed by atoms with Crippen molar-refractivity contribution in [3.05, 3.63) is 48.0 Å². The highest BCUT2D eigenvalue weighted by Gasteiger charge is 2.45. The number of carbonyl (C=O) groups is 1. The zero-order valence-electron chi connectivity index (χ0n) is 28.1. The molecule has 0 heterocycles. The Morgan fingerprint density at radius 2 is 1.59 bits per heavy atom. The smallest absolute Gasteiger partial charge is 0.303 e. The van der Waals surface area contributed by atoms with Crippen molar-refractivity contribution in [2.24, 2.45) is 11.8 Å². The van der Waals surface area contributed by atoms with E-state index in [1.807, 2.05) is 0 Å². The third kappa shape index (κ3) is 11.8. The van der Waals surface area contributed by atoms with Gasteiger partial charge in [-0.1, -0.05) is 84.0 Å². The first kappa shape index (κ1) is 36.0. The van der Waals surface area contributed by atoms with Crippen molar-refractivity contribution < 1.29 is 18.8 Å². The highest BCUT2D eigenvalue weighted by Crippen LogP contribution is 2.46. The summed E-state index contributed by atoms with van der Waals surface area (Å²) in [7, 11) is -3.78. The third-order valence-corrected chi connectivity index (χ3v) is 19.3. The fourth-order valence-corrected chi connectivity index (χ4v) is 8.32. The van der Waals surface area contributed by atoms with Crippen LogP contribution in [0.2, 0.25) is 36.3 Å². The van der Waals surface area contributed by atoms with Gasteiger partial charge in [0.2, 0.25) is 0 Å². The molecule has 0 aliphatic heterocycles. The van der Waals surface area contributed by atoms with Crippen molar-refractivity contribution in [1.29, 1.82) is 0 Å². The number of benzene rings is 1. The summed E-state index contributed by atoms with van der Waals surface area (Å²) in [4.78, 5) is 10.9. The molecule has 4 atom stereocenters. The minimum atomic E-state index is -1.90. The maximum Gasteiger partial charge on any atom is 0.303 e. The Bertz CT molecular complexity index is 943. The molecule has 0 radical (unpaired) electrons. The Balaban J connectivity index is 2.19. The Morgan fingerprint density at radius 3 is 2.17 bits per heavy atom. The lowest BCUT2D eigenvalue weighted by molar-refractivity contribution is -0.137. The summed E-state index contributed by atoms with van der Waals surface area (Å²) >= 11 is 0. The van der Waals surface area contributed by atoms with Crippen LogP contribution in [0.15, 0.2) is 42.5 Å². The predicted octanol–water partition coefficient (Wildman–Crippen LogP) is 10.4. The molecule has 0 saturated heterocycles. The molecule has 1 saturated carbocycles. The Hall–Kier alpha value is -1.22. The molecule has 0 amide bonds. The van der Waals surface area contributed by atoms with Gasteiger partial charge in [-0.25, -0.2) is 0 Å². The molecule has 1 N–H and O–H groups in total. The second kappa shape index (κ2) is 15.5. The van der Waals surface area contributed by atoms with E-state index in [0.29, 0.717) is 24.4 Å². The van der Waals surface area contributed by atoms with Gasteiger partial charge in [0.05, 0.1) is 0 Å². The van der Waals surface area contributed by atoms with Crippen molar-refractivity contribution in [3.63, 3.8) is 0 Å². The Labute approximate surface area is 255 Å². The maximum atomic E-state index is 10.9. The number of carboxylic acid groups (broad SMARTS) is 1. The van der Waals surface area contributed by atoms with E-state index in [4.69, 9.17) is 14.0 Å². The molecule has 234 valence electrons. The summed E-state index contributed by atoms with van der Waals surface area (Å²) in [5.41, 5.74) is 1.39. The summed E-state index contributed by atoms with van der Waals surface area (Å²) in [6, 6.07) is 10.8. The van der Waals surface area contributed by atoms with Crippen LogP contribution in [0.1, 0.15) is 105 Å². The van der Waals surface area contributed by atoms with Crippen LogP contribution in [-0.2, 0) is 20.1 Å². The van der Waals surface area contributed by atoms with Crippen molar-refractivity contribution in [1.82, 2.24) is 0 Å². The first-order valence-electron chi connectivity index (χ1n) is 16.2. The second-order valence-electron chi connectivity index (χ2n) is 15.5. The minimum absolute atomic E-state index is 0.188. The fraction of sp³-hybridized carbons (Fsp3) is 0.743. The Kier molecular flexibility index (Phi) is 13.6. The molecule has 0 unspecified atom stereocenters. The molecule has 0 aromatic heterocycles. The average Bonchev–Trinajstić information content (AvgIpc) is 3.22. The normalized spacial score (nSPS) is 21.5. The zero-order valence-corrected chi connectivity index (χ0v) is 30.1. The lowest BCUT2D eigenvalue weighted by Gasteiger charge is -2.41. The Morgan fingerprint density at radius 1 is 0.951 bits per heavy atom. The van der Waals surface area contributed by atoms with Gasteiger partial charge in [0, 0.05) is 18.6 Å².